The van der Waals surface area contributed by atoms with Gasteiger partial charge in [-0.2, -0.15) is 5.06 Å². The standard InChI is InChI=1S/C38H37NO3S/c40-38(26-8-5-9-26)39(42-37-13-3-4-22-41-37)30-11-6-10-28(24-30)35-20-21-36(43-35)29-16-17-32-27(23-29)15-19-33-31-12-2-1-7-25(31)14-18-34(32)33/h1-2,6-7,10-12,15,19-21,23-24,26,37H,3-5,8-9,13-14,16-18,22H2. The van der Waals surface area contributed by atoms with E-state index >= 15 is 0 Å². The van der Waals surface area contributed by atoms with Crippen LogP contribution < -0.4 is 5.06 Å². The largest absolute Gasteiger partial charge is 0.350 e. The third-order valence-electron chi connectivity index (χ3n) is 9.70. The Bertz CT molecular complexity index is 1710. The molecule has 3 aromatic carbocycles. The molecule has 8 rings (SSSR count). The number of nitrogens with zero attached hydrogens (tertiary/aromatic N) is 1. The first-order valence-electron chi connectivity index (χ1n) is 16.0. The van der Waals surface area contributed by atoms with Crippen molar-refractivity contribution in [2.45, 2.75) is 70.5 Å². The summed E-state index contributed by atoms with van der Waals surface area (Å²) in [5.41, 5.74) is 12.1. The number of thiophene rings is 1. The number of rotatable bonds is 6. The fourth-order valence-corrected chi connectivity index (χ4v) is 8.12. The van der Waals surface area contributed by atoms with Crippen molar-refractivity contribution < 1.29 is 14.4 Å². The highest BCUT2D eigenvalue weighted by Crippen LogP contribution is 2.43. The van der Waals surface area contributed by atoms with E-state index < -0.39 is 0 Å². The molecule has 4 aromatic rings. The Morgan fingerprint density at radius 3 is 2.53 bits per heavy atom. The van der Waals surface area contributed by atoms with Crippen LogP contribution in [0.3, 0.4) is 0 Å². The van der Waals surface area contributed by atoms with Gasteiger partial charge in [-0.05, 0) is 120 Å². The molecule has 1 unspecified atom stereocenters. The van der Waals surface area contributed by atoms with Gasteiger partial charge in [0.1, 0.15) is 0 Å². The second-order valence-electron chi connectivity index (χ2n) is 12.4. The van der Waals surface area contributed by atoms with E-state index in [0.717, 1.165) is 75.5 Å². The monoisotopic (exact) mass is 587 g/mol. The summed E-state index contributed by atoms with van der Waals surface area (Å²) in [6, 6.07) is 26.3. The van der Waals surface area contributed by atoms with Crippen LogP contribution >= 0.6 is 11.3 Å². The minimum absolute atomic E-state index is 0.0436. The van der Waals surface area contributed by atoms with Crippen molar-refractivity contribution in [1.29, 1.82) is 0 Å². The van der Waals surface area contributed by atoms with Crippen molar-refractivity contribution in [2.24, 2.45) is 5.92 Å². The summed E-state index contributed by atoms with van der Waals surface area (Å²) in [5.74, 6) is 0.100. The molecule has 0 radical (unpaired) electrons. The van der Waals surface area contributed by atoms with E-state index in [9.17, 15) is 4.79 Å². The maximum atomic E-state index is 13.4. The molecule has 2 heterocycles. The first kappa shape index (κ1) is 27.1. The number of amides is 1. The zero-order chi connectivity index (χ0) is 28.8. The zero-order valence-electron chi connectivity index (χ0n) is 24.5. The molecular weight excluding hydrogens is 550 g/mol. The molecule has 0 N–H and O–H groups in total. The molecule has 5 heteroatoms. The molecule has 0 bridgehead atoms. The molecule has 1 aliphatic heterocycles. The average molecular weight is 588 g/mol. The lowest BCUT2D eigenvalue weighted by molar-refractivity contribution is -0.180. The minimum Gasteiger partial charge on any atom is -0.350 e. The lowest BCUT2D eigenvalue weighted by Crippen LogP contribution is -2.42. The van der Waals surface area contributed by atoms with Crippen molar-refractivity contribution >= 4 is 34.6 Å². The predicted octanol–water partition coefficient (Wildman–Crippen LogP) is 9.26. The molecule has 1 saturated heterocycles. The van der Waals surface area contributed by atoms with Crippen LogP contribution in [0.5, 0.6) is 0 Å². The average Bonchev–Trinajstić information content (AvgIpc) is 3.53. The Morgan fingerprint density at radius 1 is 0.791 bits per heavy atom. The first-order chi connectivity index (χ1) is 21.2. The van der Waals surface area contributed by atoms with Gasteiger partial charge in [0.2, 0.25) is 0 Å². The smallest absolute Gasteiger partial charge is 0.254 e. The zero-order valence-corrected chi connectivity index (χ0v) is 25.3. The van der Waals surface area contributed by atoms with E-state index in [2.05, 4.69) is 66.7 Å². The summed E-state index contributed by atoms with van der Waals surface area (Å²) in [6.07, 6.45) is 12.4. The molecule has 2 fully saturated rings. The highest BCUT2D eigenvalue weighted by Gasteiger charge is 2.33. The van der Waals surface area contributed by atoms with Crippen LogP contribution in [-0.4, -0.2) is 18.8 Å². The number of hydrogen-bond acceptors (Lipinski definition) is 4. The van der Waals surface area contributed by atoms with Crippen molar-refractivity contribution in [3.05, 3.63) is 99.9 Å². The number of carbonyl (C=O) groups is 1. The van der Waals surface area contributed by atoms with E-state index in [4.69, 9.17) is 9.57 Å². The van der Waals surface area contributed by atoms with Gasteiger partial charge in [-0.25, -0.2) is 4.84 Å². The van der Waals surface area contributed by atoms with Crippen LogP contribution in [0.25, 0.3) is 33.2 Å². The fourth-order valence-electron chi connectivity index (χ4n) is 7.08. The van der Waals surface area contributed by atoms with Gasteiger partial charge in [-0.1, -0.05) is 61.0 Å². The summed E-state index contributed by atoms with van der Waals surface area (Å²) < 4.78 is 5.85. The highest BCUT2D eigenvalue weighted by molar-refractivity contribution is 7.16. The Balaban J connectivity index is 1.06. The van der Waals surface area contributed by atoms with Crippen LogP contribution in [0.1, 0.15) is 72.1 Å². The molecule has 218 valence electrons. The first-order valence-corrected chi connectivity index (χ1v) is 16.8. The van der Waals surface area contributed by atoms with E-state index in [1.54, 1.807) is 11.1 Å². The van der Waals surface area contributed by atoms with Crippen LogP contribution in [0.2, 0.25) is 0 Å². The van der Waals surface area contributed by atoms with Gasteiger partial charge in [0.15, 0.2) is 6.29 Å². The van der Waals surface area contributed by atoms with Gasteiger partial charge in [0.25, 0.3) is 5.91 Å². The second kappa shape index (κ2) is 11.5. The van der Waals surface area contributed by atoms with E-state index in [1.165, 1.54) is 42.6 Å². The van der Waals surface area contributed by atoms with E-state index in [1.807, 2.05) is 23.5 Å². The number of anilines is 1. The molecule has 4 aliphatic rings. The third kappa shape index (κ3) is 5.18. The van der Waals surface area contributed by atoms with Crippen LogP contribution in [-0.2, 0) is 33.6 Å². The number of ether oxygens (including phenoxy) is 1. The summed E-state index contributed by atoms with van der Waals surface area (Å²) >= 11 is 1.84. The van der Waals surface area contributed by atoms with Gasteiger partial charge < -0.3 is 4.74 Å². The number of benzene rings is 3. The van der Waals surface area contributed by atoms with Crippen LogP contribution in [0.15, 0.2) is 72.8 Å². The Hall–Kier alpha value is -3.51. The van der Waals surface area contributed by atoms with Crippen molar-refractivity contribution in [1.82, 2.24) is 0 Å². The van der Waals surface area contributed by atoms with Crippen molar-refractivity contribution in [3.63, 3.8) is 0 Å². The number of hydrogen-bond donors (Lipinski definition) is 0. The number of aryl methyl sites for hydroxylation is 1. The predicted molar refractivity (Wildman–Crippen MR) is 175 cm³/mol. The van der Waals surface area contributed by atoms with Gasteiger partial charge >= 0.3 is 0 Å². The SMILES string of the molecule is O=C(C1CCC1)N(OC1CCCCO1)c1cccc(-c2ccc(C3=Cc4ccc5c(c4CC3)CCc3ccccc3-5)s2)c1. The number of hydroxylamine groups is 1. The van der Waals surface area contributed by atoms with E-state index in [0.29, 0.717) is 6.61 Å². The van der Waals surface area contributed by atoms with Crippen molar-refractivity contribution in [2.75, 3.05) is 11.7 Å². The maximum absolute atomic E-state index is 13.4. The molecular formula is C38H37NO3S. The number of carbonyl (C=O) groups excluding carboxylic acids is 1. The normalized spacial score (nSPS) is 19.4. The molecule has 1 atom stereocenters. The Morgan fingerprint density at radius 2 is 1.67 bits per heavy atom. The number of fused-ring (bicyclic) bond motifs is 5. The quantitative estimate of drug-likeness (QED) is 0.211. The van der Waals surface area contributed by atoms with Gasteiger partial charge in [0, 0.05) is 28.7 Å². The molecule has 1 aromatic heterocycles. The summed E-state index contributed by atoms with van der Waals surface area (Å²) in [4.78, 5) is 22.2. The Labute approximate surface area is 257 Å². The summed E-state index contributed by atoms with van der Waals surface area (Å²) in [5, 5.41) is 1.54. The molecule has 1 amide bonds. The lowest BCUT2D eigenvalue weighted by Gasteiger charge is -2.34. The lowest BCUT2D eigenvalue weighted by atomic mass is 9.78. The van der Waals surface area contributed by atoms with Crippen LogP contribution in [0.4, 0.5) is 5.69 Å². The van der Waals surface area contributed by atoms with Crippen LogP contribution in [0, 0.1) is 5.92 Å². The Kier molecular flexibility index (Phi) is 7.26. The molecule has 0 spiro atoms. The maximum Gasteiger partial charge on any atom is 0.254 e. The summed E-state index contributed by atoms with van der Waals surface area (Å²) in [7, 11) is 0. The van der Waals surface area contributed by atoms with Gasteiger partial charge in [-0.3, -0.25) is 4.79 Å². The topological polar surface area (TPSA) is 38.8 Å². The van der Waals surface area contributed by atoms with Crippen molar-refractivity contribution in [3.8, 4) is 21.6 Å². The fraction of sp³-hybridized carbons (Fsp3) is 0.342. The minimum atomic E-state index is -0.365. The van der Waals surface area contributed by atoms with E-state index in [-0.39, 0.29) is 18.1 Å². The molecule has 4 nitrogen and oxygen atoms in total. The second-order valence-corrected chi connectivity index (χ2v) is 13.4. The summed E-state index contributed by atoms with van der Waals surface area (Å²) in [6.45, 7) is 0.685. The highest BCUT2D eigenvalue weighted by atomic mass is 32.1. The molecule has 43 heavy (non-hydrogen) atoms. The third-order valence-corrected chi connectivity index (χ3v) is 10.9. The van der Waals surface area contributed by atoms with Gasteiger partial charge in [0.05, 0.1) is 5.69 Å². The van der Waals surface area contributed by atoms with Gasteiger partial charge in [-0.15, -0.1) is 11.3 Å². The number of allylic oxidation sites excluding steroid dienone is 1. The molecule has 1 saturated carbocycles. The molecule has 3 aliphatic carbocycles.